The minimum atomic E-state index is -0.517. The molecule has 0 radical (unpaired) electrons. The summed E-state index contributed by atoms with van der Waals surface area (Å²) in [6.45, 7) is 0. The van der Waals surface area contributed by atoms with Crippen LogP contribution in [0.25, 0.3) is 0 Å². The van der Waals surface area contributed by atoms with Crippen molar-refractivity contribution in [2.24, 2.45) is 0 Å². The summed E-state index contributed by atoms with van der Waals surface area (Å²) in [4.78, 5) is 15.9. The number of benzene rings is 1. The first-order valence-electron chi connectivity index (χ1n) is 5.06. The van der Waals surface area contributed by atoms with Crippen molar-refractivity contribution in [2.45, 2.75) is 0 Å². The van der Waals surface area contributed by atoms with E-state index >= 15 is 0 Å². The van der Waals surface area contributed by atoms with Gasteiger partial charge in [-0.25, -0.2) is 4.98 Å². The molecule has 0 aliphatic rings. The Labute approximate surface area is 129 Å². The number of aromatic nitrogens is 1. The van der Waals surface area contributed by atoms with Gasteiger partial charge in [-0.05, 0) is 24.3 Å². The number of nitrogens with zero attached hydrogens (tertiary/aromatic N) is 1. The van der Waals surface area contributed by atoms with Gasteiger partial charge in [0, 0.05) is 0 Å². The van der Waals surface area contributed by atoms with Gasteiger partial charge in [0.25, 0.3) is 5.91 Å². The van der Waals surface area contributed by atoms with Crippen LogP contribution < -0.4 is 5.32 Å². The zero-order valence-corrected chi connectivity index (χ0v) is 12.3. The number of pyridine rings is 1. The number of halogens is 4. The molecular formula is C12H6Cl4N2O. The van der Waals surface area contributed by atoms with E-state index in [9.17, 15) is 4.79 Å². The maximum absolute atomic E-state index is 12.0. The van der Waals surface area contributed by atoms with E-state index in [1.165, 1.54) is 12.1 Å². The summed E-state index contributed by atoms with van der Waals surface area (Å²) in [7, 11) is 0. The largest absolute Gasteiger partial charge is 0.319 e. The van der Waals surface area contributed by atoms with Gasteiger partial charge >= 0.3 is 0 Å². The summed E-state index contributed by atoms with van der Waals surface area (Å²) in [6, 6.07) is 7.88. The first-order chi connectivity index (χ1) is 8.99. The Morgan fingerprint density at radius 2 is 1.74 bits per heavy atom. The Morgan fingerprint density at radius 1 is 1.00 bits per heavy atom. The van der Waals surface area contributed by atoms with Gasteiger partial charge in [-0.15, -0.1) is 0 Å². The van der Waals surface area contributed by atoms with Gasteiger partial charge in [0.05, 0.1) is 20.8 Å². The van der Waals surface area contributed by atoms with Crippen LogP contribution >= 0.6 is 46.4 Å². The van der Waals surface area contributed by atoms with Gasteiger partial charge in [-0.3, -0.25) is 4.79 Å². The molecule has 0 saturated carbocycles. The summed E-state index contributed by atoms with van der Waals surface area (Å²) < 4.78 is 0. The second kappa shape index (κ2) is 5.97. The molecule has 0 aliphatic carbocycles. The van der Waals surface area contributed by atoms with Crippen LogP contribution in [-0.2, 0) is 0 Å². The molecule has 1 aromatic carbocycles. The van der Waals surface area contributed by atoms with E-state index in [0.717, 1.165) is 0 Å². The monoisotopic (exact) mass is 334 g/mol. The molecule has 0 spiro atoms. The standard InChI is InChI=1S/C12H6Cl4N2O/c13-6-2-1-3-8(10(6)16)17-12(19)11-7(14)4-5-9(15)18-11/h1-5H,(H,17,19). The van der Waals surface area contributed by atoms with Crippen LogP contribution in [0.1, 0.15) is 10.5 Å². The molecule has 1 heterocycles. The highest BCUT2D eigenvalue weighted by molar-refractivity contribution is 6.44. The number of amides is 1. The van der Waals surface area contributed by atoms with Crippen molar-refractivity contribution in [3.63, 3.8) is 0 Å². The minimum absolute atomic E-state index is 0.0187. The predicted molar refractivity (Wildman–Crippen MR) is 78.7 cm³/mol. The Bertz CT molecular complexity index is 646. The van der Waals surface area contributed by atoms with Crippen molar-refractivity contribution < 1.29 is 4.79 Å². The Hall–Kier alpha value is -1.000. The molecule has 1 N–H and O–H groups in total. The molecule has 1 aromatic heterocycles. The van der Waals surface area contributed by atoms with Crippen molar-refractivity contribution in [1.29, 1.82) is 0 Å². The van der Waals surface area contributed by atoms with Crippen LogP contribution in [0.5, 0.6) is 0 Å². The summed E-state index contributed by atoms with van der Waals surface area (Å²) in [5.41, 5.74) is 0.391. The number of anilines is 1. The zero-order valence-electron chi connectivity index (χ0n) is 9.25. The fourth-order valence-corrected chi connectivity index (χ4v) is 2.05. The van der Waals surface area contributed by atoms with E-state index in [4.69, 9.17) is 46.4 Å². The minimum Gasteiger partial charge on any atom is -0.319 e. The lowest BCUT2D eigenvalue weighted by Crippen LogP contribution is -2.14. The first-order valence-corrected chi connectivity index (χ1v) is 6.57. The average molecular weight is 336 g/mol. The van der Waals surface area contributed by atoms with Crippen LogP contribution in [-0.4, -0.2) is 10.9 Å². The molecule has 19 heavy (non-hydrogen) atoms. The van der Waals surface area contributed by atoms with E-state index in [1.54, 1.807) is 18.2 Å². The number of hydrogen-bond donors (Lipinski definition) is 1. The molecule has 3 nitrogen and oxygen atoms in total. The topological polar surface area (TPSA) is 42.0 Å². The highest BCUT2D eigenvalue weighted by atomic mass is 35.5. The highest BCUT2D eigenvalue weighted by Crippen LogP contribution is 2.30. The van der Waals surface area contributed by atoms with Gasteiger partial charge in [-0.1, -0.05) is 52.5 Å². The first kappa shape index (κ1) is 14.4. The Balaban J connectivity index is 2.31. The van der Waals surface area contributed by atoms with Crippen molar-refractivity contribution in [2.75, 3.05) is 5.32 Å². The van der Waals surface area contributed by atoms with Gasteiger partial charge in [-0.2, -0.15) is 0 Å². The van der Waals surface area contributed by atoms with Gasteiger partial charge in [0.15, 0.2) is 0 Å². The van der Waals surface area contributed by atoms with E-state index < -0.39 is 5.91 Å². The lowest BCUT2D eigenvalue weighted by atomic mass is 10.3. The zero-order chi connectivity index (χ0) is 14.0. The predicted octanol–water partition coefficient (Wildman–Crippen LogP) is 4.95. The van der Waals surface area contributed by atoms with Crippen molar-refractivity contribution in [1.82, 2.24) is 4.98 Å². The molecule has 0 aliphatic heterocycles. The number of hydrogen-bond acceptors (Lipinski definition) is 2. The van der Waals surface area contributed by atoms with E-state index in [2.05, 4.69) is 10.3 Å². The smallest absolute Gasteiger partial charge is 0.275 e. The van der Waals surface area contributed by atoms with Crippen LogP contribution in [0.3, 0.4) is 0 Å². The van der Waals surface area contributed by atoms with E-state index in [-0.39, 0.29) is 20.9 Å². The second-order valence-corrected chi connectivity index (χ2v) is 5.10. The third kappa shape index (κ3) is 3.31. The van der Waals surface area contributed by atoms with Crippen LogP contribution in [0.4, 0.5) is 5.69 Å². The van der Waals surface area contributed by atoms with Crippen molar-refractivity contribution >= 4 is 58.0 Å². The molecule has 98 valence electrons. The summed E-state index contributed by atoms with van der Waals surface area (Å²) in [5.74, 6) is -0.517. The number of nitrogens with one attached hydrogen (secondary N) is 1. The highest BCUT2D eigenvalue weighted by Gasteiger charge is 2.15. The third-order valence-electron chi connectivity index (χ3n) is 2.23. The molecule has 0 unspecified atom stereocenters. The quantitative estimate of drug-likeness (QED) is 0.789. The average Bonchev–Trinajstić information content (AvgIpc) is 2.38. The third-order valence-corrected chi connectivity index (χ3v) is 3.56. The number of carbonyl (C=O) groups is 1. The van der Waals surface area contributed by atoms with E-state index in [1.807, 2.05) is 0 Å². The molecule has 2 rings (SSSR count). The van der Waals surface area contributed by atoms with Gasteiger partial charge in [0.1, 0.15) is 10.8 Å². The fraction of sp³-hybridized carbons (Fsp3) is 0. The van der Waals surface area contributed by atoms with Crippen LogP contribution in [0, 0.1) is 0 Å². The van der Waals surface area contributed by atoms with Gasteiger partial charge in [0.2, 0.25) is 0 Å². The molecule has 2 aromatic rings. The Morgan fingerprint density at radius 3 is 2.47 bits per heavy atom. The van der Waals surface area contributed by atoms with Gasteiger partial charge < -0.3 is 5.32 Å². The van der Waals surface area contributed by atoms with Crippen molar-refractivity contribution in [3.8, 4) is 0 Å². The summed E-state index contributed by atoms with van der Waals surface area (Å²) >= 11 is 23.4. The fourth-order valence-electron chi connectivity index (χ4n) is 1.36. The summed E-state index contributed by atoms with van der Waals surface area (Å²) in [6.07, 6.45) is 0. The molecule has 7 heteroatoms. The molecule has 0 atom stereocenters. The summed E-state index contributed by atoms with van der Waals surface area (Å²) in [5, 5.41) is 3.53. The number of carbonyl (C=O) groups excluding carboxylic acids is 1. The maximum Gasteiger partial charge on any atom is 0.275 e. The molecule has 0 fully saturated rings. The van der Waals surface area contributed by atoms with Crippen molar-refractivity contribution in [3.05, 3.63) is 56.2 Å². The van der Waals surface area contributed by atoms with Crippen LogP contribution in [0.2, 0.25) is 20.2 Å². The normalized spacial score (nSPS) is 10.3. The second-order valence-electron chi connectivity index (χ2n) is 3.52. The lowest BCUT2D eigenvalue weighted by Gasteiger charge is -2.08. The lowest BCUT2D eigenvalue weighted by molar-refractivity contribution is 0.102. The van der Waals surface area contributed by atoms with Crippen LogP contribution in [0.15, 0.2) is 30.3 Å². The Kier molecular flexibility index (Phi) is 4.53. The maximum atomic E-state index is 12.0. The SMILES string of the molecule is O=C(Nc1cccc(Cl)c1Cl)c1nc(Cl)ccc1Cl. The molecule has 0 saturated heterocycles. The molecule has 0 bridgehead atoms. The molecular weight excluding hydrogens is 330 g/mol. The molecule has 1 amide bonds. The van der Waals surface area contributed by atoms with E-state index in [0.29, 0.717) is 10.7 Å². The number of rotatable bonds is 2.